The second-order valence-electron chi connectivity index (χ2n) is 13.3. The van der Waals surface area contributed by atoms with Gasteiger partial charge >= 0.3 is 0 Å². The normalized spacial score (nSPS) is 13.5. The lowest BCUT2D eigenvalue weighted by Gasteiger charge is -2.29. The first-order chi connectivity index (χ1) is 23.1. The van der Waals surface area contributed by atoms with Crippen LogP contribution in [0.25, 0.3) is 63.6 Å². The second-order valence-corrected chi connectivity index (χ2v) is 14.4. The van der Waals surface area contributed by atoms with E-state index in [0.717, 1.165) is 5.69 Å². The standard InChI is InChI=1S/C45H31NS/c1-45(2)39-17-9-7-13-33(39)37-26-30(21-23-40(37)45)46(31-22-24-43-38(27-31)35-15-8-10-18-42(35)47-43)41-25-29-20-19-28-11-3-4-12-32(28)44(29)36-16-6-5-14-34(36)41/h3-27H,1-2H3. The van der Waals surface area contributed by atoms with Crippen molar-refractivity contribution in [2.45, 2.75) is 19.3 Å². The van der Waals surface area contributed by atoms with Gasteiger partial charge in [0.2, 0.25) is 0 Å². The number of hydrogen-bond acceptors (Lipinski definition) is 2. The SMILES string of the molecule is CC1(C)c2ccccc2-c2cc(N(c3ccc4sc5ccccc5c4c3)c3cc4ccc5ccccc5c4c4ccccc34)ccc21. The Balaban J connectivity index is 1.30. The summed E-state index contributed by atoms with van der Waals surface area (Å²) in [6.45, 7) is 4.71. The molecule has 0 N–H and O–H groups in total. The maximum absolute atomic E-state index is 2.50. The summed E-state index contributed by atoms with van der Waals surface area (Å²) in [4.78, 5) is 2.50. The molecule has 0 saturated carbocycles. The molecular weight excluding hydrogens is 587 g/mol. The minimum absolute atomic E-state index is 0.0412. The Morgan fingerprint density at radius 1 is 0.447 bits per heavy atom. The van der Waals surface area contributed by atoms with Gasteiger partial charge in [-0.15, -0.1) is 11.3 Å². The first-order valence-electron chi connectivity index (χ1n) is 16.4. The molecule has 0 spiro atoms. The molecule has 0 fully saturated rings. The van der Waals surface area contributed by atoms with Crippen molar-refractivity contribution >= 4 is 80.9 Å². The van der Waals surface area contributed by atoms with Crippen LogP contribution in [0, 0.1) is 0 Å². The van der Waals surface area contributed by atoms with Crippen molar-refractivity contribution in [1.29, 1.82) is 0 Å². The third kappa shape index (κ3) is 3.83. The van der Waals surface area contributed by atoms with Crippen LogP contribution in [-0.4, -0.2) is 0 Å². The van der Waals surface area contributed by atoms with Crippen LogP contribution in [0.1, 0.15) is 25.0 Å². The maximum atomic E-state index is 2.50. The molecule has 8 aromatic carbocycles. The molecule has 0 atom stereocenters. The zero-order valence-corrected chi connectivity index (χ0v) is 27.1. The highest BCUT2D eigenvalue weighted by Gasteiger charge is 2.35. The van der Waals surface area contributed by atoms with Crippen molar-refractivity contribution in [1.82, 2.24) is 0 Å². The fourth-order valence-corrected chi connectivity index (χ4v) is 9.26. The molecule has 0 saturated heterocycles. The molecule has 1 aromatic heterocycles. The first-order valence-corrected chi connectivity index (χ1v) is 17.2. The molecule has 2 heteroatoms. The minimum atomic E-state index is -0.0412. The van der Waals surface area contributed by atoms with Gasteiger partial charge in [-0.3, -0.25) is 0 Å². The molecule has 0 aliphatic heterocycles. The lowest BCUT2D eigenvalue weighted by molar-refractivity contribution is 0.660. The van der Waals surface area contributed by atoms with Crippen molar-refractivity contribution in [2.24, 2.45) is 0 Å². The van der Waals surface area contributed by atoms with Gasteiger partial charge in [0.05, 0.1) is 5.69 Å². The van der Waals surface area contributed by atoms with Crippen molar-refractivity contribution in [3.05, 3.63) is 163 Å². The van der Waals surface area contributed by atoms with Crippen LogP contribution >= 0.6 is 11.3 Å². The van der Waals surface area contributed by atoms with Crippen molar-refractivity contribution in [2.75, 3.05) is 4.90 Å². The molecule has 1 heterocycles. The summed E-state index contributed by atoms with van der Waals surface area (Å²) in [6, 6.07) is 56.5. The third-order valence-electron chi connectivity index (χ3n) is 10.4. The van der Waals surface area contributed by atoms with E-state index in [1.165, 1.54) is 86.1 Å². The summed E-state index contributed by atoms with van der Waals surface area (Å²) >= 11 is 1.87. The van der Waals surface area contributed by atoms with Crippen molar-refractivity contribution < 1.29 is 0 Å². The molecule has 1 nitrogen and oxygen atoms in total. The summed E-state index contributed by atoms with van der Waals surface area (Å²) in [7, 11) is 0. The monoisotopic (exact) mass is 617 g/mol. The maximum Gasteiger partial charge on any atom is 0.0546 e. The summed E-state index contributed by atoms with van der Waals surface area (Å²) in [6.07, 6.45) is 0. The highest BCUT2D eigenvalue weighted by Crippen LogP contribution is 2.52. The van der Waals surface area contributed by atoms with E-state index in [4.69, 9.17) is 0 Å². The Labute approximate surface area is 278 Å². The summed E-state index contributed by atoms with van der Waals surface area (Å²) < 4.78 is 2.64. The summed E-state index contributed by atoms with van der Waals surface area (Å²) in [5, 5.41) is 10.3. The van der Waals surface area contributed by atoms with Crippen molar-refractivity contribution in [3.63, 3.8) is 0 Å². The lowest BCUT2D eigenvalue weighted by Crippen LogP contribution is -2.15. The van der Waals surface area contributed by atoms with E-state index >= 15 is 0 Å². The van der Waals surface area contributed by atoms with E-state index in [1.54, 1.807) is 0 Å². The van der Waals surface area contributed by atoms with Crippen LogP contribution in [0.2, 0.25) is 0 Å². The van der Waals surface area contributed by atoms with Crippen LogP contribution in [0.15, 0.2) is 152 Å². The second kappa shape index (κ2) is 9.78. The average molecular weight is 618 g/mol. The Bertz CT molecular complexity index is 2730. The number of fused-ring (bicyclic) bond motifs is 11. The zero-order chi connectivity index (χ0) is 31.3. The van der Waals surface area contributed by atoms with E-state index in [-0.39, 0.29) is 5.41 Å². The Morgan fingerprint density at radius 3 is 1.98 bits per heavy atom. The summed E-state index contributed by atoms with van der Waals surface area (Å²) in [5.41, 5.74) is 8.92. The minimum Gasteiger partial charge on any atom is -0.310 e. The van der Waals surface area contributed by atoms with Crippen molar-refractivity contribution in [3.8, 4) is 11.1 Å². The average Bonchev–Trinajstić information content (AvgIpc) is 3.60. The molecule has 1 aliphatic rings. The first kappa shape index (κ1) is 26.7. The van der Waals surface area contributed by atoms with Gasteiger partial charge in [0.15, 0.2) is 0 Å². The zero-order valence-electron chi connectivity index (χ0n) is 26.3. The molecule has 0 amide bonds. The highest BCUT2D eigenvalue weighted by atomic mass is 32.1. The highest BCUT2D eigenvalue weighted by molar-refractivity contribution is 7.25. The van der Waals surface area contributed by atoms with E-state index in [1.807, 2.05) is 11.3 Å². The van der Waals surface area contributed by atoms with E-state index in [2.05, 4.69) is 170 Å². The van der Waals surface area contributed by atoms with Gasteiger partial charge in [-0.2, -0.15) is 0 Å². The smallest absolute Gasteiger partial charge is 0.0546 e. The third-order valence-corrected chi connectivity index (χ3v) is 11.6. The van der Waals surface area contributed by atoms with Crippen LogP contribution in [-0.2, 0) is 5.41 Å². The van der Waals surface area contributed by atoms with Crippen LogP contribution in [0.3, 0.4) is 0 Å². The summed E-state index contributed by atoms with van der Waals surface area (Å²) in [5.74, 6) is 0. The van der Waals surface area contributed by atoms with Gasteiger partial charge in [0.25, 0.3) is 0 Å². The Kier molecular flexibility index (Phi) is 5.57. The number of thiophene rings is 1. The number of anilines is 3. The van der Waals surface area contributed by atoms with Crippen LogP contribution in [0.4, 0.5) is 17.1 Å². The molecule has 0 unspecified atom stereocenters. The quantitative estimate of drug-likeness (QED) is 0.178. The van der Waals surface area contributed by atoms with Gasteiger partial charge in [-0.05, 0) is 91.6 Å². The fourth-order valence-electron chi connectivity index (χ4n) is 8.17. The molecule has 47 heavy (non-hydrogen) atoms. The lowest BCUT2D eigenvalue weighted by atomic mass is 9.82. The van der Waals surface area contributed by atoms with Crippen LogP contribution in [0.5, 0.6) is 0 Å². The van der Waals surface area contributed by atoms with Gasteiger partial charge in [0.1, 0.15) is 0 Å². The van der Waals surface area contributed by atoms with Gasteiger partial charge in [0, 0.05) is 42.3 Å². The Morgan fingerprint density at radius 2 is 1.09 bits per heavy atom. The molecular formula is C45H31NS. The predicted molar refractivity (Wildman–Crippen MR) is 204 cm³/mol. The molecule has 0 radical (unpaired) electrons. The van der Waals surface area contributed by atoms with E-state index in [0.29, 0.717) is 0 Å². The molecule has 1 aliphatic carbocycles. The van der Waals surface area contributed by atoms with E-state index in [9.17, 15) is 0 Å². The largest absolute Gasteiger partial charge is 0.310 e. The van der Waals surface area contributed by atoms with Crippen LogP contribution < -0.4 is 4.90 Å². The van der Waals surface area contributed by atoms with Gasteiger partial charge in [-0.1, -0.05) is 123 Å². The number of hydrogen-bond donors (Lipinski definition) is 0. The fraction of sp³-hybridized carbons (Fsp3) is 0.0667. The molecule has 9 aromatic rings. The number of nitrogens with zero attached hydrogens (tertiary/aromatic N) is 1. The molecule has 222 valence electrons. The van der Waals surface area contributed by atoms with E-state index < -0.39 is 0 Å². The topological polar surface area (TPSA) is 3.24 Å². The van der Waals surface area contributed by atoms with Gasteiger partial charge < -0.3 is 4.90 Å². The predicted octanol–water partition coefficient (Wildman–Crippen LogP) is 13.3. The Hall–Kier alpha value is -5.44. The van der Waals surface area contributed by atoms with Gasteiger partial charge in [-0.25, -0.2) is 0 Å². The molecule has 0 bridgehead atoms. The molecule has 10 rings (SSSR count). The number of rotatable bonds is 3. The number of benzene rings is 8.